The number of nitrogens with zero attached hydrogens (tertiary/aromatic N) is 2. The number of anilines is 1. The van der Waals surface area contributed by atoms with Gasteiger partial charge in [0.25, 0.3) is 5.69 Å². The summed E-state index contributed by atoms with van der Waals surface area (Å²) in [6.45, 7) is 0. The Bertz CT molecular complexity index is 428. The standard InChI is InChI=1S/C12H17N3O2S/c1-18-11-4-2-3-9(7-11)14-12-8-10(15(16)17)5-6-13-12/h5-6,8-9,11H,2-4,7H2,1H3,(H,13,14). The molecule has 1 N–H and O–H groups in total. The van der Waals surface area contributed by atoms with Crippen molar-refractivity contribution in [2.45, 2.75) is 37.0 Å². The second-order valence-electron chi connectivity index (χ2n) is 4.52. The Hall–Kier alpha value is -1.30. The summed E-state index contributed by atoms with van der Waals surface area (Å²) in [4.78, 5) is 14.4. The highest BCUT2D eigenvalue weighted by molar-refractivity contribution is 7.99. The van der Waals surface area contributed by atoms with Gasteiger partial charge in [0.15, 0.2) is 0 Å². The van der Waals surface area contributed by atoms with Gasteiger partial charge >= 0.3 is 0 Å². The Morgan fingerprint density at radius 2 is 2.39 bits per heavy atom. The molecule has 2 rings (SSSR count). The second kappa shape index (κ2) is 6.04. The van der Waals surface area contributed by atoms with Gasteiger partial charge in [0.2, 0.25) is 0 Å². The Labute approximate surface area is 111 Å². The number of nitrogens with one attached hydrogen (secondary N) is 1. The lowest BCUT2D eigenvalue weighted by Gasteiger charge is -2.28. The second-order valence-corrected chi connectivity index (χ2v) is 5.66. The first-order valence-corrected chi connectivity index (χ1v) is 7.37. The largest absolute Gasteiger partial charge is 0.367 e. The minimum atomic E-state index is -0.390. The lowest BCUT2D eigenvalue weighted by Crippen LogP contribution is -2.28. The molecule has 2 unspecified atom stereocenters. The average Bonchev–Trinajstić information content (AvgIpc) is 2.39. The molecular weight excluding hydrogens is 250 g/mol. The molecule has 18 heavy (non-hydrogen) atoms. The highest BCUT2D eigenvalue weighted by Crippen LogP contribution is 2.28. The fourth-order valence-electron chi connectivity index (χ4n) is 2.31. The summed E-state index contributed by atoms with van der Waals surface area (Å²) in [6.07, 6.45) is 8.31. The van der Waals surface area contributed by atoms with Crippen LogP contribution in [0.25, 0.3) is 0 Å². The number of aromatic nitrogens is 1. The molecule has 0 radical (unpaired) electrons. The quantitative estimate of drug-likeness (QED) is 0.670. The van der Waals surface area contributed by atoms with Crippen molar-refractivity contribution in [1.82, 2.24) is 4.98 Å². The van der Waals surface area contributed by atoms with E-state index in [4.69, 9.17) is 0 Å². The van der Waals surface area contributed by atoms with Gasteiger partial charge in [0, 0.05) is 23.6 Å². The van der Waals surface area contributed by atoms with Crippen molar-refractivity contribution in [3.05, 3.63) is 28.4 Å². The van der Waals surface area contributed by atoms with Gasteiger partial charge in [-0.2, -0.15) is 11.8 Å². The number of pyridine rings is 1. The van der Waals surface area contributed by atoms with Crippen LogP contribution in [0.5, 0.6) is 0 Å². The van der Waals surface area contributed by atoms with Crippen LogP contribution in [-0.4, -0.2) is 27.5 Å². The van der Waals surface area contributed by atoms with Crippen molar-refractivity contribution in [3.63, 3.8) is 0 Å². The first-order chi connectivity index (χ1) is 8.69. The van der Waals surface area contributed by atoms with Gasteiger partial charge < -0.3 is 5.32 Å². The predicted molar refractivity (Wildman–Crippen MR) is 74.1 cm³/mol. The van der Waals surface area contributed by atoms with Crippen molar-refractivity contribution >= 4 is 23.3 Å². The SMILES string of the molecule is CSC1CCCC(Nc2cc([N+](=O)[O-])ccn2)C1. The molecule has 1 aromatic rings. The maximum absolute atomic E-state index is 10.7. The van der Waals surface area contributed by atoms with E-state index < -0.39 is 4.92 Å². The van der Waals surface area contributed by atoms with Crippen LogP contribution in [0.15, 0.2) is 18.3 Å². The molecule has 0 saturated heterocycles. The summed E-state index contributed by atoms with van der Waals surface area (Å²) < 4.78 is 0. The molecule has 2 atom stereocenters. The smallest absolute Gasteiger partial charge is 0.274 e. The molecule has 6 heteroatoms. The molecule has 98 valence electrons. The highest BCUT2D eigenvalue weighted by atomic mass is 32.2. The molecule has 0 amide bonds. The Morgan fingerprint density at radius 3 is 3.11 bits per heavy atom. The van der Waals surface area contributed by atoms with Crippen molar-refractivity contribution in [2.75, 3.05) is 11.6 Å². The molecule has 0 spiro atoms. The maximum atomic E-state index is 10.7. The van der Waals surface area contributed by atoms with E-state index in [0.717, 1.165) is 12.8 Å². The van der Waals surface area contributed by atoms with Crippen LogP contribution in [0.1, 0.15) is 25.7 Å². The summed E-state index contributed by atoms with van der Waals surface area (Å²) in [5.74, 6) is 0.607. The van der Waals surface area contributed by atoms with E-state index in [9.17, 15) is 10.1 Å². The van der Waals surface area contributed by atoms with Crippen LogP contribution in [-0.2, 0) is 0 Å². The third-order valence-electron chi connectivity index (χ3n) is 3.27. The Balaban J connectivity index is 2.00. The van der Waals surface area contributed by atoms with E-state index in [1.54, 1.807) is 0 Å². The van der Waals surface area contributed by atoms with Gasteiger partial charge in [-0.05, 0) is 25.5 Å². The molecule has 1 aromatic heterocycles. The fourth-order valence-corrected chi connectivity index (χ4v) is 3.14. The van der Waals surface area contributed by atoms with E-state index in [0.29, 0.717) is 17.1 Å². The van der Waals surface area contributed by atoms with E-state index in [1.807, 2.05) is 11.8 Å². The summed E-state index contributed by atoms with van der Waals surface area (Å²) in [5, 5.41) is 14.7. The van der Waals surface area contributed by atoms with E-state index in [2.05, 4.69) is 16.6 Å². The van der Waals surface area contributed by atoms with Crippen LogP contribution in [0.4, 0.5) is 11.5 Å². The van der Waals surface area contributed by atoms with Crippen molar-refractivity contribution in [1.29, 1.82) is 0 Å². The summed E-state index contributed by atoms with van der Waals surface area (Å²) in [7, 11) is 0. The van der Waals surface area contributed by atoms with Crippen molar-refractivity contribution < 1.29 is 4.92 Å². The predicted octanol–water partition coefficient (Wildman–Crippen LogP) is 3.08. The minimum Gasteiger partial charge on any atom is -0.367 e. The first-order valence-electron chi connectivity index (χ1n) is 6.09. The zero-order valence-electron chi connectivity index (χ0n) is 10.3. The van der Waals surface area contributed by atoms with Crippen LogP contribution in [0, 0.1) is 10.1 Å². The van der Waals surface area contributed by atoms with Gasteiger partial charge in [-0.15, -0.1) is 0 Å². The van der Waals surface area contributed by atoms with Gasteiger partial charge in [-0.1, -0.05) is 6.42 Å². The van der Waals surface area contributed by atoms with Gasteiger partial charge in [0.1, 0.15) is 5.82 Å². The van der Waals surface area contributed by atoms with Crippen molar-refractivity contribution in [2.24, 2.45) is 0 Å². The number of thioether (sulfide) groups is 1. The fraction of sp³-hybridized carbons (Fsp3) is 0.583. The summed E-state index contributed by atoms with van der Waals surface area (Å²) in [6, 6.07) is 3.30. The summed E-state index contributed by atoms with van der Waals surface area (Å²) >= 11 is 1.90. The van der Waals surface area contributed by atoms with E-state index >= 15 is 0 Å². The third-order valence-corrected chi connectivity index (χ3v) is 4.36. The van der Waals surface area contributed by atoms with Gasteiger partial charge in [-0.25, -0.2) is 4.98 Å². The van der Waals surface area contributed by atoms with Crippen molar-refractivity contribution in [3.8, 4) is 0 Å². The van der Waals surface area contributed by atoms with E-state index in [-0.39, 0.29) is 5.69 Å². The molecule has 0 bridgehead atoms. The molecule has 1 saturated carbocycles. The van der Waals surface area contributed by atoms with Crippen LogP contribution < -0.4 is 5.32 Å². The third kappa shape index (κ3) is 3.35. The zero-order valence-corrected chi connectivity index (χ0v) is 11.2. The highest BCUT2D eigenvalue weighted by Gasteiger charge is 2.21. The Kier molecular flexibility index (Phi) is 4.41. The van der Waals surface area contributed by atoms with Gasteiger partial charge in [-0.3, -0.25) is 10.1 Å². The number of rotatable bonds is 4. The molecule has 1 aliphatic carbocycles. The molecule has 5 nitrogen and oxygen atoms in total. The molecule has 1 heterocycles. The van der Waals surface area contributed by atoms with Crippen LogP contribution in [0.2, 0.25) is 0 Å². The van der Waals surface area contributed by atoms with Crippen LogP contribution in [0.3, 0.4) is 0 Å². The van der Waals surface area contributed by atoms with Gasteiger partial charge in [0.05, 0.1) is 11.0 Å². The zero-order chi connectivity index (χ0) is 13.0. The normalized spacial score (nSPS) is 23.6. The minimum absolute atomic E-state index is 0.0877. The molecule has 1 fully saturated rings. The molecule has 1 aliphatic rings. The number of hydrogen-bond donors (Lipinski definition) is 1. The molecule has 0 aromatic carbocycles. The number of nitro groups is 1. The van der Waals surface area contributed by atoms with E-state index in [1.165, 1.54) is 31.2 Å². The topological polar surface area (TPSA) is 68.1 Å². The lowest BCUT2D eigenvalue weighted by molar-refractivity contribution is -0.384. The monoisotopic (exact) mass is 267 g/mol. The molecular formula is C12H17N3O2S. The first kappa shape index (κ1) is 13.1. The average molecular weight is 267 g/mol. The Morgan fingerprint density at radius 1 is 1.56 bits per heavy atom. The lowest BCUT2D eigenvalue weighted by atomic mass is 9.95. The van der Waals surface area contributed by atoms with Crippen LogP contribution >= 0.6 is 11.8 Å². The number of hydrogen-bond acceptors (Lipinski definition) is 5. The summed E-state index contributed by atoms with van der Waals surface area (Å²) in [5.41, 5.74) is 0.0877. The molecule has 0 aliphatic heterocycles. The maximum Gasteiger partial charge on any atom is 0.274 e.